The van der Waals surface area contributed by atoms with E-state index in [1.54, 1.807) is 25.1 Å². The summed E-state index contributed by atoms with van der Waals surface area (Å²) in [7, 11) is 4.53. The van der Waals surface area contributed by atoms with Crippen LogP contribution >= 0.6 is 0 Å². The molecule has 2 aromatic carbocycles. The lowest BCUT2D eigenvalue weighted by atomic mass is 10.0. The Hall–Kier alpha value is -2.43. The molecule has 0 radical (unpaired) electrons. The van der Waals surface area contributed by atoms with Crippen LogP contribution < -0.4 is 19.9 Å². The van der Waals surface area contributed by atoms with Crippen molar-refractivity contribution in [1.82, 2.24) is 0 Å². The van der Waals surface area contributed by atoms with Crippen molar-refractivity contribution in [3.8, 4) is 28.4 Å². The highest BCUT2D eigenvalue weighted by molar-refractivity contribution is 5.79. The predicted octanol–water partition coefficient (Wildman–Crippen LogP) is 3.41. The lowest BCUT2D eigenvalue weighted by Crippen LogP contribution is -1.99. The van der Waals surface area contributed by atoms with Crippen LogP contribution in [-0.2, 0) is 0 Å². The van der Waals surface area contributed by atoms with Gasteiger partial charge in [-0.1, -0.05) is 0 Å². The fraction of sp³-hybridized carbons (Fsp3) is 0.250. The summed E-state index contributed by atoms with van der Waals surface area (Å²) in [5.74, 6) is 0.959. The van der Waals surface area contributed by atoms with Crippen LogP contribution in [-0.4, -0.2) is 21.3 Å². The third-order valence-electron chi connectivity index (χ3n) is 3.35. The number of anilines is 1. The van der Waals surface area contributed by atoms with E-state index < -0.39 is 0 Å². The SMILES string of the molecule is COc1ccc(-c2cc(N)c(C)cc2F)c(OC)c1OC. The molecule has 0 saturated carbocycles. The van der Waals surface area contributed by atoms with Crippen molar-refractivity contribution in [3.05, 3.63) is 35.6 Å². The van der Waals surface area contributed by atoms with E-state index in [0.29, 0.717) is 39.6 Å². The van der Waals surface area contributed by atoms with Gasteiger partial charge in [-0.25, -0.2) is 4.39 Å². The van der Waals surface area contributed by atoms with E-state index in [9.17, 15) is 4.39 Å². The van der Waals surface area contributed by atoms with Gasteiger partial charge in [0.1, 0.15) is 5.82 Å². The van der Waals surface area contributed by atoms with E-state index in [1.165, 1.54) is 27.4 Å². The molecule has 0 aliphatic heterocycles. The number of benzene rings is 2. The number of rotatable bonds is 4. The molecule has 2 aromatic rings. The smallest absolute Gasteiger partial charge is 0.203 e. The quantitative estimate of drug-likeness (QED) is 0.877. The van der Waals surface area contributed by atoms with E-state index in [1.807, 2.05) is 0 Å². The molecule has 0 aromatic heterocycles. The molecule has 2 N–H and O–H groups in total. The number of halogens is 1. The molecule has 4 nitrogen and oxygen atoms in total. The van der Waals surface area contributed by atoms with Crippen LogP contribution in [0.2, 0.25) is 0 Å². The van der Waals surface area contributed by atoms with Crippen LogP contribution in [0.15, 0.2) is 24.3 Å². The summed E-state index contributed by atoms with van der Waals surface area (Å²) in [5, 5.41) is 0. The van der Waals surface area contributed by atoms with Gasteiger partial charge >= 0.3 is 0 Å². The lowest BCUT2D eigenvalue weighted by Gasteiger charge is -2.16. The number of methoxy groups -OCH3 is 3. The Morgan fingerprint density at radius 3 is 2.14 bits per heavy atom. The van der Waals surface area contributed by atoms with E-state index in [4.69, 9.17) is 19.9 Å². The molecular weight excluding hydrogens is 273 g/mol. The minimum Gasteiger partial charge on any atom is -0.493 e. The molecule has 0 aliphatic carbocycles. The maximum Gasteiger partial charge on any atom is 0.203 e. The summed E-state index contributed by atoms with van der Waals surface area (Å²) in [6, 6.07) is 6.41. The Morgan fingerprint density at radius 1 is 0.905 bits per heavy atom. The first-order chi connectivity index (χ1) is 10.0. The normalized spacial score (nSPS) is 10.3. The van der Waals surface area contributed by atoms with E-state index in [-0.39, 0.29) is 5.82 Å². The molecule has 112 valence electrons. The average molecular weight is 291 g/mol. The Balaban J connectivity index is 2.72. The van der Waals surface area contributed by atoms with Crippen molar-refractivity contribution in [1.29, 1.82) is 0 Å². The van der Waals surface area contributed by atoms with Crippen LogP contribution in [0.3, 0.4) is 0 Å². The molecule has 0 heterocycles. The molecule has 2 rings (SSSR count). The standard InChI is InChI=1S/C16H18FNO3/c1-9-7-12(17)11(8-13(9)18)10-5-6-14(19-2)16(21-4)15(10)20-3/h5-8H,18H2,1-4H3. The molecule has 0 amide bonds. The Labute approximate surface area is 123 Å². The number of nitrogens with two attached hydrogens (primary N) is 1. The number of hydrogen-bond donors (Lipinski definition) is 1. The number of ether oxygens (including phenoxy) is 3. The van der Waals surface area contributed by atoms with Gasteiger partial charge in [-0.15, -0.1) is 0 Å². The van der Waals surface area contributed by atoms with Gasteiger partial charge in [0.15, 0.2) is 11.5 Å². The first kappa shape index (κ1) is 15.0. The van der Waals surface area contributed by atoms with Crippen LogP contribution in [0.1, 0.15) is 5.56 Å². The lowest BCUT2D eigenvalue weighted by molar-refractivity contribution is 0.325. The minimum atomic E-state index is -0.368. The fourth-order valence-corrected chi connectivity index (χ4v) is 2.21. The summed E-state index contributed by atoms with van der Waals surface area (Å²) >= 11 is 0. The second-order valence-electron chi connectivity index (χ2n) is 4.57. The fourth-order valence-electron chi connectivity index (χ4n) is 2.21. The first-order valence-corrected chi connectivity index (χ1v) is 6.38. The van der Waals surface area contributed by atoms with Crippen molar-refractivity contribution >= 4 is 5.69 Å². The Morgan fingerprint density at radius 2 is 1.57 bits per heavy atom. The summed E-state index contributed by atoms with van der Waals surface area (Å²) in [6.07, 6.45) is 0. The van der Waals surface area contributed by atoms with E-state index in [2.05, 4.69) is 0 Å². The molecule has 0 aliphatic rings. The van der Waals surface area contributed by atoms with Gasteiger partial charge < -0.3 is 19.9 Å². The Bertz CT molecular complexity index is 671. The first-order valence-electron chi connectivity index (χ1n) is 6.38. The second-order valence-corrected chi connectivity index (χ2v) is 4.57. The van der Waals surface area contributed by atoms with E-state index >= 15 is 0 Å². The summed E-state index contributed by atoms with van der Waals surface area (Å²) in [6.45, 7) is 1.76. The zero-order chi connectivity index (χ0) is 15.6. The van der Waals surface area contributed by atoms with Gasteiger partial charge in [0, 0.05) is 16.8 Å². The van der Waals surface area contributed by atoms with Gasteiger partial charge in [-0.3, -0.25) is 0 Å². The van der Waals surface area contributed by atoms with Gasteiger partial charge in [0.05, 0.1) is 21.3 Å². The van der Waals surface area contributed by atoms with Crippen LogP contribution in [0.25, 0.3) is 11.1 Å². The van der Waals surface area contributed by atoms with Crippen molar-refractivity contribution in [3.63, 3.8) is 0 Å². The highest BCUT2D eigenvalue weighted by atomic mass is 19.1. The molecule has 5 heteroatoms. The van der Waals surface area contributed by atoms with Crippen molar-refractivity contribution < 1.29 is 18.6 Å². The summed E-state index contributed by atoms with van der Waals surface area (Å²) in [5.41, 5.74) is 8.00. The molecule has 0 saturated heterocycles. The van der Waals surface area contributed by atoms with Crippen LogP contribution in [0.5, 0.6) is 17.2 Å². The van der Waals surface area contributed by atoms with Crippen molar-refractivity contribution in [2.24, 2.45) is 0 Å². The maximum atomic E-state index is 14.3. The summed E-state index contributed by atoms with van der Waals surface area (Å²) < 4.78 is 30.2. The van der Waals surface area contributed by atoms with Gasteiger partial charge in [-0.05, 0) is 36.8 Å². The zero-order valence-electron chi connectivity index (χ0n) is 12.5. The average Bonchev–Trinajstić information content (AvgIpc) is 2.49. The highest BCUT2D eigenvalue weighted by Crippen LogP contribution is 2.45. The maximum absolute atomic E-state index is 14.3. The Kier molecular flexibility index (Phi) is 4.21. The zero-order valence-corrected chi connectivity index (χ0v) is 12.5. The third kappa shape index (κ3) is 2.59. The van der Waals surface area contributed by atoms with Crippen LogP contribution in [0.4, 0.5) is 10.1 Å². The van der Waals surface area contributed by atoms with Crippen LogP contribution in [0, 0.1) is 12.7 Å². The van der Waals surface area contributed by atoms with Gasteiger partial charge in [0.25, 0.3) is 0 Å². The van der Waals surface area contributed by atoms with Crippen molar-refractivity contribution in [2.45, 2.75) is 6.92 Å². The number of aryl methyl sites for hydroxylation is 1. The number of nitrogen functional groups attached to an aromatic ring is 1. The molecule has 0 bridgehead atoms. The van der Waals surface area contributed by atoms with Gasteiger partial charge in [-0.2, -0.15) is 0 Å². The molecule has 0 atom stereocenters. The van der Waals surface area contributed by atoms with Gasteiger partial charge in [0.2, 0.25) is 5.75 Å². The second kappa shape index (κ2) is 5.91. The third-order valence-corrected chi connectivity index (χ3v) is 3.35. The summed E-state index contributed by atoms with van der Waals surface area (Å²) in [4.78, 5) is 0. The monoisotopic (exact) mass is 291 g/mol. The van der Waals surface area contributed by atoms with Crippen molar-refractivity contribution in [2.75, 3.05) is 27.1 Å². The topological polar surface area (TPSA) is 53.7 Å². The largest absolute Gasteiger partial charge is 0.493 e. The molecule has 0 unspecified atom stereocenters. The molecule has 21 heavy (non-hydrogen) atoms. The molecule has 0 fully saturated rings. The molecular formula is C16H18FNO3. The van der Waals surface area contributed by atoms with E-state index in [0.717, 1.165) is 0 Å². The molecule has 0 spiro atoms. The predicted molar refractivity (Wildman–Crippen MR) is 80.6 cm³/mol. The highest BCUT2D eigenvalue weighted by Gasteiger charge is 2.19. The number of hydrogen-bond acceptors (Lipinski definition) is 4. The minimum absolute atomic E-state index is 0.357.